The minimum atomic E-state index is -0.625. The van der Waals surface area contributed by atoms with Crippen molar-refractivity contribution >= 4 is 21.8 Å². The highest BCUT2D eigenvalue weighted by Crippen LogP contribution is 2.49. The number of phenolic OH excluding ortho intramolecular Hbond substituents is 1. The number of rotatable bonds is 0. The summed E-state index contributed by atoms with van der Waals surface area (Å²) in [5.74, 6) is 0.759. The van der Waals surface area contributed by atoms with Crippen LogP contribution in [0.3, 0.4) is 0 Å². The number of carbonyl (C=O) groups is 1. The fraction of sp³-hybridized carbons (Fsp3) is 0.462. The first-order chi connectivity index (χ1) is 8.65. The number of carbonyl (C=O) groups excluding carboxylic acids is 1. The van der Waals surface area contributed by atoms with E-state index in [0.29, 0.717) is 35.4 Å². The van der Waals surface area contributed by atoms with Crippen molar-refractivity contribution in [2.75, 3.05) is 13.2 Å². The van der Waals surface area contributed by atoms with Crippen LogP contribution in [0.2, 0.25) is 0 Å². The van der Waals surface area contributed by atoms with Gasteiger partial charge >= 0.3 is 0 Å². The van der Waals surface area contributed by atoms with Crippen LogP contribution in [0.5, 0.6) is 11.5 Å². The van der Waals surface area contributed by atoms with Crippen molar-refractivity contribution in [3.8, 4) is 11.5 Å². The number of ether oxygens (including phenoxy) is 1. The molecule has 0 aliphatic carbocycles. The van der Waals surface area contributed by atoms with Gasteiger partial charge in [0.05, 0.1) is 22.1 Å². The maximum atomic E-state index is 12.3. The lowest BCUT2D eigenvalue weighted by Crippen LogP contribution is -2.51. The van der Waals surface area contributed by atoms with Gasteiger partial charge in [0.25, 0.3) is 0 Å². The Morgan fingerprint density at radius 1 is 1.39 bits per heavy atom. The topological polar surface area (TPSA) is 58.6 Å². The number of piperidine rings is 1. The highest BCUT2D eigenvalue weighted by Gasteiger charge is 2.47. The average Bonchev–Trinajstić information content (AvgIpc) is 2.38. The molecule has 1 unspecified atom stereocenters. The molecule has 96 valence electrons. The monoisotopic (exact) mass is 311 g/mol. The fourth-order valence-corrected chi connectivity index (χ4v) is 3.27. The summed E-state index contributed by atoms with van der Waals surface area (Å²) in [7, 11) is 0. The third-order valence-electron chi connectivity index (χ3n) is 3.86. The normalized spacial score (nSPS) is 26.4. The molecule has 1 amide bonds. The number of aromatic hydroxyl groups is 1. The van der Waals surface area contributed by atoms with Crippen molar-refractivity contribution in [1.82, 2.24) is 5.32 Å². The Kier molecular flexibility index (Phi) is 2.73. The van der Waals surface area contributed by atoms with Gasteiger partial charge in [-0.1, -0.05) is 0 Å². The molecule has 1 aromatic rings. The molecule has 1 aromatic carbocycles. The predicted octanol–water partition coefficient (Wildman–Crippen LogP) is 2.09. The molecule has 2 N–H and O–H groups in total. The number of benzene rings is 1. The van der Waals surface area contributed by atoms with Crippen LogP contribution in [0.25, 0.3) is 0 Å². The van der Waals surface area contributed by atoms with E-state index in [1.807, 2.05) is 6.07 Å². The van der Waals surface area contributed by atoms with Crippen LogP contribution in [0.4, 0.5) is 0 Å². The molecule has 2 heterocycles. The molecule has 2 aliphatic rings. The van der Waals surface area contributed by atoms with E-state index in [1.54, 1.807) is 6.07 Å². The van der Waals surface area contributed by atoms with E-state index < -0.39 is 5.41 Å². The van der Waals surface area contributed by atoms with Crippen molar-refractivity contribution in [2.24, 2.45) is 0 Å². The van der Waals surface area contributed by atoms with Gasteiger partial charge in [-0.3, -0.25) is 4.79 Å². The number of nitrogens with one attached hydrogen (secondary N) is 1. The van der Waals surface area contributed by atoms with Crippen LogP contribution in [-0.4, -0.2) is 24.2 Å². The van der Waals surface area contributed by atoms with Gasteiger partial charge in [0, 0.05) is 13.0 Å². The summed E-state index contributed by atoms with van der Waals surface area (Å²) >= 11 is 3.31. The van der Waals surface area contributed by atoms with Crippen LogP contribution >= 0.6 is 15.9 Å². The summed E-state index contributed by atoms with van der Waals surface area (Å²) < 4.78 is 6.18. The molecule has 5 heteroatoms. The smallest absolute Gasteiger partial charge is 0.231 e. The Morgan fingerprint density at radius 2 is 2.22 bits per heavy atom. The number of hydrogen-bond acceptors (Lipinski definition) is 3. The Morgan fingerprint density at radius 3 is 3.00 bits per heavy atom. The van der Waals surface area contributed by atoms with Crippen LogP contribution in [0, 0.1) is 0 Å². The van der Waals surface area contributed by atoms with Gasteiger partial charge in [0.15, 0.2) is 0 Å². The molecule has 1 saturated heterocycles. The fourth-order valence-electron chi connectivity index (χ4n) is 2.94. The number of hydrogen-bond donors (Lipinski definition) is 2. The van der Waals surface area contributed by atoms with E-state index in [4.69, 9.17) is 4.74 Å². The molecular weight excluding hydrogens is 298 g/mol. The summed E-state index contributed by atoms with van der Waals surface area (Å²) in [4.78, 5) is 12.3. The zero-order valence-corrected chi connectivity index (χ0v) is 11.4. The summed E-state index contributed by atoms with van der Waals surface area (Å²) in [5.41, 5.74) is 0.0139. The number of phenols is 1. The quantitative estimate of drug-likeness (QED) is 0.771. The molecule has 1 fully saturated rings. The van der Waals surface area contributed by atoms with Gasteiger partial charge < -0.3 is 15.2 Å². The lowest BCUT2D eigenvalue weighted by Gasteiger charge is -2.40. The van der Waals surface area contributed by atoms with Crippen molar-refractivity contribution < 1.29 is 14.6 Å². The highest BCUT2D eigenvalue weighted by atomic mass is 79.9. The maximum Gasteiger partial charge on any atom is 0.231 e. The second kappa shape index (κ2) is 4.16. The summed E-state index contributed by atoms with van der Waals surface area (Å²) in [6.07, 6.45) is 2.31. The number of halogens is 1. The van der Waals surface area contributed by atoms with Gasteiger partial charge in [-0.15, -0.1) is 0 Å². The third kappa shape index (κ3) is 1.53. The molecular formula is C13H14BrNO3. The minimum absolute atomic E-state index is 0.00620. The zero-order valence-electron chi connectivity index (χ0n) is 9.83. The Bertz CT molecular complexity index is 517. The average molecular weight is 312 g/mol. The molecule has 0 aromatic heterocycles. The summed E-state index contributed by atoms with van der Waals surface area (Å²) in [6, 6.07) is 3.55. The van der Waals surface area contributed by atoms with Gasteiger partial charge in [-0.2, -0.15) is 0 Å². The largest absolute Gasteiger partial charge is 0.506 e. The second-order valence-electron chi connectivity index (χ2n) is 4.81. The maximum absolute atomic E-state index is 12.3. The molecule has 1 spiro atoms. The second-order valence-corrected chi connectivity index (χ2v) is 5.66. The highest BCUT2D eigenvalue weighted by molar-refractivity contribution is 9.10. The van der Waals surface area contributed by atoms with E-state index in [0.717, 1.165) is 12.8 Å². The lowest BCUT2D eigenvalue weighted by molar-refractivity contribution is -0.130. The Hall–Kier alpha value is -1.23. The van der Waals surface area contributed by atoms with E-state index >= 15 is 0 Å². The first-order valence-electron chi connectivity index (χ1n) is 6.08. The van der Waals surface area contributed by atoms with E-state index in [2.05, 4.69) is 21.2 Å². The molecule has 0 saturated carbocycles. The molecule has 2 aliphatic heterocycles. The predicted molar refractivity (Wildman–Crippen MR) is 69.8 cm³/mol. The van der Waals surface area contributed by atoms with Gasteiger partial charge in [0.1, 0.15) is 11.5 Å². The molecule has 0 radical (unpaired) electrons. The van der Waals surface area contributed by atoms with Crippen LogP contribution < -0.4 is 10.1 Å². The molecule has 0 bridgehead atoms. The molecule has 4 nitrogen and oxygen atoms in total. The zero-order chi connectivity index (χ0) is 12.8. The lowest BCUT2D eigenvalue weighted by atomic mass is 9.70. The van der Waals surface area contributed by atoms with E-state index in [9.17, 15) is 9.90 Å². The standard InChI is InChI=1S/C13H14BrNO3/c14-8-2-3-9-10(11(8)16)13(5-7-18-9)4-1-6-15-12(13)17/h2-3,16H,1,4-7H2,(H,15,17). The third-order valence-corrected chi connectivity index (χ3v) is 4.50. The SMILES string of the molecule is O=C1NCCCC12CCOc1ccc(Br)c(O)c12. The van der Waals surface area contributed by atoms with Crippen molar-refractivity contribution in [3.63, 3.8) is 0 Å². The van der Waals surface area contributed by atoms with Crippen LogP contribution in [0.1, 0.15) is 24.8 Å². The molecule has 1 atom stereocenters. The number of fused-ring (bicyclic) bond motifs is 2. The van der Waals surface area contributed by atoms with Crippen LogP contribution in [-0.2, 0) is 10.2 Å². The van der Waals surface area contributed by atoms with E-state index in [-0.39, 0.29) is 11.7 Å². The first-order valence-corrected chi connectivity index (χ1v) is 6.87. The van der Waals surface area contributed by atoms with Crippen LogP contribution in [0.15, 0.2) is 16.6 Å². The Balaban J connectivity index is 2.21. The molecule has 18 heavy (non-hydrogen) atoms. The van der Waals surface area contributed by atoms with Crippen molar-refractivity contribution in [2.45, 2.75) is 24.7 Å². The van der Waals surface area contributed by atoms with E-state index in [1.165, 1.54) is 0 Å². The number of amides is 1. The van der Waals surface area contributed by atoms with Gasteiger partial charge in [-0.25, -0.2) is 0 Å². The van der Waals surface area contributed by atoms with Gasteiger partial charge in [-0.05, 0) is 40.9 Å². The summed E-state index contributed by atoms with van der Waals surface area (Å²) in [6.45, 7) is 1.23. The van der Waals surface area contributed by atoms with Crippen molar-refractivity contribution in [1.29, 1.82) is 0 Å². The molecule has 3 rings (SSSR count). The first kappa shape index (κ1) is 11.8. The minimum Gasteiger partial charge on any atom is -0.506 e. The van der Waals surface area contributed by atoms with Crippen molar-refractivity contribution in [3.05, 3.63) is 22.2 Å². The summed E-state index contributed by atoms with van der Waals surface area (Å²) in [5, 5.41) is 13.2. The van der Waals surface area contributed by atoms with Gasteiger partial charge in [0.2, 0.25) is 5.91 Å². The Labute approximate surface area is 113 Å².